The summed E-state index contributed by atoms with van der Waals surface area (Å²) >= 11 is 0. The maximum absolute atomic E-state index is 5.35. The highest BCUT2D eigenvalue weighted by Gasteiger charge is 2.05. The summed E-state index contributed by atoms with van der Waals surface area (Å²) in [6, 6.07) is 6.03. The van der Waals surface area contributed by atoms with Gasteiger partial charge in [-0.1, -0.05) is 25.3 Å². The number of nitrogens with one attached hydrogen (secondary N) is 2. The SMILES string of the molecule is CN=C(NCCCCCCCN(C)C)NCCc1ccc(OC)c(OC)c1.I. The number of rotatable bonds is 13. The van der Waals surface area contributed by atoms with Crippen LogP contribution >= 0.6 is 24.0 Å². The minimum Gasteiger partial charge on any atom is -0.493 e. The fourth-order valence-electron chi connectivity index (χ4n) is 2.87. The Hall–Kier alpha value is -1.22. The molecule has 6 nitrogen and oxygen atoms in total. The Kier molecular flexibility index (Phi) is 16.0. The van der Waals surface area contributed by atoms with Crippen molar-refractivity contribution in [2.75, 3.05) is 55.0 Å². The molecule has 1 rings (SSSR count). The lowest BCUT2D eigenvalue weighted by Crippen LogP contribution is -2.38. The Morgan fingerprint density at radius 1 is 0.929 bits per heavy atom. The van der Waals surface area contributed by atoms with Gasteiger partial charge in [-0.25, -0.2) is 0 Å². The van der Waals surface area contributed by atoms with Crippen LogP contribution in [0.25, 0.3) is 0 Å². The van der Waals surface area contributed by atoms with Crippen molar-refractivity contribution >= 4 is 29.9 Å². The molecule has 7 heteroatoms. The van der Waals surface area contributed by atoms with Crippen LogP contribution in [0, 0.1) is 0 Å². The second-order valence-corrected chi connectivity index (χ2v) is 6.94. The van der Waals surface area contributed by atoms with Crippen molar-refractivity contribution < 1.29 is 9.47 Å². The van der Waals surface area contributed by atoms with E-state index in [1.54, 1.807) is 14.2 Å². The van der Waals surface area contributed by atoms with Crippen LogP contribution in [0.5, 0.6) is 11.5 Å². The largest absolute Gasteiger partial charge is 0.493 e. The van der Waals surface area contributed by atoms with Crippen molar-refractivity contribution in [1.29, 1.82) is 0 Å². The van der Waals surface area contributed by atoms with E-state index in [0.29, 0.717) is 0 Å². The normalized spacial score (nSPS) is 11.1. The van der Waals surface area contributed by atoms with Gasteiger partial charge in [0, 0.05) is 20.1 Å². The monoisotopic (exact) mass is 506 g/mol. The molecule has 162 valence electrons. The van der Waals surface area contributed by atoms with E-state index in [1.807, 2.05) is 19.2 Å². The summed E-state index contributed by atoms with van der Waals surface area (Å²) in [4.78, 5) is 6.54. The molecular weight excluding hydrogens is 467 g/mol. The van der Waals surface area contributed by atoms with Gasteiger partial charge in [0.1, 0.15) is 0 Å². The molecule has 0 amide bonds. The molecule has 0 unspecified atom stereocenters. The van der Waals surface area contributed by atoms with Crippen molar-refractivity contribution in [3.05, 3.63) is 23.8 Å². The number of unbranched alkanes of at least 4 members (excludes halogenated alkanes) is 4. The Morgan fingerprint density at radius 3 is 2.21 bits per heavy atom. The molecule has 0 atom stereocenters. The van der Waals surface area contributed by atoms with Crippen LogP contribution in [0.15, 0.2) is 23.2 Å². The lowest BCUT2D eigenvalue weighted by molar-refractivity contribution is 0.354. The second-order valence-electron chi connectivity index (χ2n) is 6.94. The van der Waals surface area contributed by atoms with Crippen LogP contribution in [0.3, 0.4) is 0 Å². The van der Waals surface area contributed by atoms with Crippen LogP contribution in [0.2, 0.25) is 0 Å². The summed E-state index contributed by atoms with van der Waals surface area (Å²) in [6.45, 7) is 2.97. The predicted molar refractivity (Wildman–Crippen MR) is 130 cm³/mol. The minimum absolute atomic E-state index is 0. The number of halogens is 1. The van der Waals surface area contributed by atoms with E-state index in [-0.39, 0.29) is 24.0 Å². The molecule has 28 heavy (non-hydrogen) atoms. The van der Waals surface area contributed by atoms with Gasteiger partial charge in [-0.05, 0) is 57.6 Å². The minimum atomic E-state index is 0. The molecule has 0 aliphatic heterocycles. The van der Waals surface area contributed by atoms with E-state index in [1.165, 1.54) is 44.2 Å². The molecule has 0 fully saturated rings. The Labute approximate surface area is 188 Å². The number of guanidine groups is 1. The summed E-state index contributed by atoms with van der Waals surface area (Å²) in [7, 11) is 9.39. The van der Waals surface area contributed by atoms with Crippen LogP contribution < -0.4 is 20.1 Å². The van der Waals surface area contributed by atoms with E-state index in [0.717, 1.165) is 37.0 Å². The van der Waals surface area contributed by atoms with Gasteiger partial charge in [0.25, 0.3) is 0 Å². The Morgan fingerprint density at radius 2 is 1.57 bits per heavy atom. The lowest BCUT2D eigenvalue weighted by atomic mass is 10.1. The number of methoxy groups -OCH3 is 2. The molecule has 0 aromatic heterocycles. The van der Waals surface area contributed by atoms with Gasteiger partial charge in [0.05, 0.1) is 14.2 Å². The molecule has 0 heterocycles. The smallest absolute Gasteiger partial charge is 0.190 e. The van der Waals surface area contributed by atoms with E-state index in [4.69, 9.17) is 9.47 Å². The molecule has 0 spiro atoms. The van der Waals surface area contributed by atoms with Crippen molar-refractivity contribution in [3.63, 3.8) is 0 Å². The molecule has 0 aliphatic carbocycles. The second kappa shape index (κ2) is 16.7. The zero-order valence-electron chi connectivity index (χ0n) is 18.2. The Balaban J connectivity index is 0.00000729. The Bertz CT molecular complexity index is 553. The first-order chi connectivity index (χ1) is 13.1. The number of nitrogens with zero attached hydrogens (tertiary/aromatic N) is 2. The number of ether oxygens (including phenoxy) is 2. The molecule has 2 N–H and O–H groups in total. The number of aliphatic imine (C=N–C) groups is 1. The van der Waals surface area contributed by atoms with Crippen molar-refractivity contribution in [2.24, 2.45) is 4.99 Å². The van der Waals surface area contributed by atoms with Crippen LogP contribution in [-0.2, 0) is 6.42 Å². The molecule has 0 saturated carbocycles. The third-order valence-electron chi connectivity index (χ3n) is 4.45. The van der Waals surface area contributed by atoms with Crippen LogP contribution in [0.4, 0.5) is 0 Å². The van der Waals surface area contributed by atoms with Gasteiger partial charge >= 0.3 is 0 Å². The van der Waals surface area contributed by atoms with Gasteiger partial charge in [-0.3, -0.25) is 4.99 Å². The predicted octanol–water partition coefficient (Wildman–Crippen LogP) is 3.54. The summed E-state index contributed by atoms with van der Waals surface area (Å²) < 4.78 is 10.6. The van der Waals surface area contributed by atoms with E-state index < -0.39 is 0 Å². The molecule has 0 bridgehead atoms. The number of hydrogen-bond acceptors (Lipinski definition) is 4. The summed E-state index contributed by atoms with van der Waals surface area (Å²) in [5.41, 5.74) is 1.20. The molecule has 0 radical (unpaired) electrons. The van der Waals surface area contributed by atoms with Crippen molar-refractivity contribution in [1.82, 2.24) is 15.5 Å². The van der Waals surface area contributed by atoms with Crippen molar-refractivity contribution in [3.8, 4) is 11.5 Å². The third kappa shape index (κ3) is 11.6. The molecule has 0 aliphatic rings. The van der Waals surface area contributed by atoms with Crippen LogP contribution in [0.1, 0.15) is 37.7 Å². The fraction of sp³-hybridized carbons (Fsp3) is 0.667. The zero-order valence-corrected chi connectivity index (χ0v) is 20.5. The van der Waals surface area contributed by atoms with E-state index in [9.17, 15) is 0 Å². The molecular formula is C21H39IN4O2. The molecule has 1 aromatic carbocycles. The topological polar surface area (TPSA) is 58.1 Å². The quantitative estimate of drug-likeness (QED) is 0.186. The average Bonchev–Trinajstić information content (AvgIpc) is 2.68. The highest BCUT2D eigenvalue weighted by Crippen LogP contribution is 2.27. The number of benzene rings is 1. The van der Waals surface area contributed by atoms with Gasteiger partial charge in [-0.2, -0.15) is 0 Å². The fourth-order valence-corrected chi connectivity index (χ4v) is 2.87. The number of hydrogen-bond donors (Lipinski definition) is 2. The molecule has 1 aromatic rings. The summed E-state index contributed by atoms with van der Waals surface area (Å²) in [5.74, 6) is 2.39. The maximum Gasteiger partial charge on any atom is 0.190 e. The first-order valence-corrected chi connectivity index (χ1v) is 9.90. The molecule has 0 saturated heterocycles. The van der Waals surface area contributed by atoms with Gasteiger partial charge in [0.15, 0.2) is 17.5 Å². The van der Waals surface area contributed by atoms with Gasteiger partial charge in [0.2, 0.25) is 0 Å². The highest BCUT2D eigenvalue weighted by molar-refractivity contribution is 14.0. The van der Waals surface area contributed by atoms with Gasteiger partial charge in [-0.15, -0.1) is 24.0 Å². The maximum atomic E-state index is 5.35. The average molecular weight is 506 g/mol. The first kappa shape index (κ1) is 26.8. The van der Waals surface area contributed by atoms with Gasteiger partial charge < -0.3 is 25.0 Å². The van der Waals surface area contributed by atoms with Crippen molar-refractivity contribution in [2.45, 2.75) is 38.5 Å². The standard InChI is InChI=1S/C21H38N4O2.HI/c1-22-21(23-14-9-7-6-8-10-16-25(2)3)24-15-13-18-11-12-19(26-4)20(17-18)27-5;/h11-12,17H,6-10,13-16H2,1-5H3,(H2,22,23,24);1H. The summed E-state index contributed by atoms with van der Waals surface area (Å²) in [5, 5.41) is 6.76. The van der Waals surface area contributed by atoms with Crippen LogP contribution in [-0.4, -0.2) is 65.9 Å². The summed E-state index contributed by atoms with van der Waals surface area (Å²) in [6.07, 6.45) is 7.26. The third-order valence-corrected chi connectivity index (χ3v) is 4.45. The first-order valence-electron chi connectivity index (χ1n) is 9.90. The van der Waals surface area contributed by atoms with E-state index >= 15 is 0 Å². The van der Waals surface area contributed by atoms with E-state index in [2.05, 4.69) is 40.7 Å². The lowest BCUT2D eigenvalue weighted by Gasteiger charge is -2.13. The zero-order chi connectivity index (χ0) is 19.9. The highest BCUT2D eigenvalue weighted by atomic mass is 127.